The monoisotopic (exact) mass is 256 g/mol. The second-order valence-electron chi connectivity index (χ2n) is 5.21. The fourth-order valence-corrected chi connectivity index (χ4v) is 3.05. The standard InChI is InChI=1S/C13H16N6/c1-2-4-11(5-3-1)19-13(15-16-17-19)18-9-10-6-7-12(18)8-14-10/h1-5,10,12,14H,6-9H2/t10-,12-/m1/s1. The van der Waals surface area contributed by atoms with E-state index in [4.69, 9.17) is 0 Å². The topological polar surface area (TPSA) is 58.9 Å². The summed E-state index contributed by atoms with van der Waals surface area (Å²) >= 11 is 0. The number of anilines is 1. The van der Waals surface area contributed by atoms with Crippen molar-refractivity contribution in [3.05, 3.63) is 30.3 Å². The van der Waals surface area contributed by atoms with Crippen LogP contribution in [0, 0.1) is 0 Å². The summed E-state index contributed by atoms with van der Waals surface area (Å²) in [5.74, 6) is 0.863. The Labute approximate surface area is 111 Å². The first-order chi connectivity index (χ1) is 9.42. The highest BCUT2D eigenvalue weighted by Gasteiger charge is 2.36. The summed E-state index contributed by atoms with van der Waals surface area (Å²) in [5, 5.41) is 15.8. The molecular weight excluding hydrogens is 240 g/mol. The van der Waals surface area contributed by atoms with E-state index in [9.17, 15) is 0 Å². The zero-order chi connectivity index (χ0) is 12.7. The fourth-order valence-electron chi connectivity index (χ4n) is 3.05. The van der Waals surface area contributed by atoms with Gasteiger partial charge in [-0.05, 0) is 35.4 Å². The lowest BCUT2D eigenvalue weighted by Gasteiger charge is -2.45. The molecule has 98 valence electrons. The number of piperazine rings is 1. The molecule has 0 saturated carbocycles. The van der Waals surface area contributed by atoms with Gasteiger partial charge < -0.3 is 10.2 Å². The molecule has 2 atom stereocenters. The van der Waals surface area contributed by atoms with Crippen LogP contribution in [0.25, 0.3) is 5.69 Å². The van der Waals surface area contributed by atoms with Gasteiger partial charge in [0.15, 0.2) is 0 Å². The molecule has 1 aromatic heterocycles. The number of benzene rings is 1. The summed E-state index contributed by atoms with van der Waals surface area (Å²) in [6.07, 6.45) is 2.48. The first-order valence-corrected chi connectivity index (χ1v) is 6.75. The maximum Gasteiger partial charge on any atom is 0.250 e. The lowest BCUT2D eigenvalue weighted by Crippen LogP contribution is -2.61. The molecular formula is C13H16N6. The van der Waals surface area contributed by atoms with Crippen LogP contribution >= 0.6 is 0 Å². The number of piperidine rings is 2. The molecule has 19 heavy (non-hydrogen) atoms. The third-order valence-electron chi connectivity index (χ3n) is 4.06. The molecule has 0 radical (unpaired) electrons. The second kappa shape index (κ2) is 4.31. The van der Waals surface area contributed by atoms with Gasteiger partial charge in [-0.1, -0.05) is 23.3 Å². The predicted octanol–water partition coefficient (Wildman–Crippen LogP) is 0.603. The van der Waals surface area contributed by atoms with Crippen molar-refractivity contribution in [2.24, 2.45) is 0 Å². The van der Waals surface area contributed by atoms with E-state index >= 15 is 0 Å². The molecule has 3 aliphatic rings. The van der Waals surface area contributed by atoms with E-state index in [0.29, 0.717) is 12.1 Å². The minimum Gasteiger partial charge on any atom is -0.334 e. The highest BCUT2D eigenvalue weighted by atomic mass is 15.6. The van der Waals surface area contributed by atoms with Gasteiger partial charge in [0.1, 0.15) is 0 Å². The van der Waals surface area contributed by atoms with Gasteiger partial charge in [-0.15, -0.1) is 0 Å². The van der Waals surface area contributed by atoms with Crippen LogP contribution in [0.15, 0.2) is 30.3 Å². The molecule has 1 aromatic carbocycles. The Hall–Kier alpha value is -1.95. The first kappa shape index (κ1) is 10.9. The molecule has 0 unspecified atom stereocenters. The number of tetrazole rings is 1. The number of rotatable bonds is 2. The number of aromatic nitrogens is 4. The third-order valence-corrected chi connectivity index (χ3v) is 4.06. The lowest BCUT2D eigenvalue weighted by atomic mass is 9.93. The van der Waals surface area contributed by atoms with Crippen molar-refractivity contribution >= 4 is 5.95 Å². The number of nitrogens with one attached hydrogen (secondary N) is 1. The zero-order valence-electron chi connectivity index (χ0n) is 10.6. The van der Waals surface area contributed by atoms with Crippen LogP contribution < -0.4 is 10.2 Å². The second-order valence-corrected chi connectivity index (χ2v) is 5.21. The van der Waals surface area contributed by atoms with E-state index in [1.807, 2.05) is 35.0 Å². The molecule has 3 saturated heterocycles. The van der Waals surface area contributed by atoms with Gasteiger partial charge in [0.05, 0.1) is 5.69 Å². The largest absolute Gasteiger partial charge is 0.334 e. The molecule has 3 aliphatic heterocycles. The van der Waals surface area contributed by atoms with Crippen molar-refractivity contribution in [1.29, 1.82) is 0 Å². The molecule has 2 aromatic rings. The predicted molar refractivity (Wildman–Crippen MR) is 71.3 cm³/mol. The molecule has 6 nitrogen and oxygen atoms in total. The smallest absolute Gasteiger partial charge is 0.250 e. The minimum absolute atomic E-state index is 0.512. The summed E-state index contributed by atoms with van der Waals surface area (Å²) in [4.78, 5) is 2.34. The van der Waals surface area contributed by atoms with E-state index in [2.05, 4.69) is 25.7 Å². The highest BCUT2D eigenvalue weighted by Crippen LogP contribution is 2.27. The molecule has 4 heterocycles. The number of hydrogen-bond acceptors (Lipinski definition) is 5. The van der Waals surface area contributed by atoms with Crippen molar-refractivity contribution in [2.75, 3.05) is 18.0 Å². The van der Waals surface area contributed by atoms with Crippen LogP contribution in [-0.4, -0.2) is 45.4 Å². The number of fused-ring (bicyclic) bond motifs is 3. The third kappa shape index (κ3) is 1.79. The average molecular weight is 256 g/mol. The van der Waals surface area contributed by atoms with E-state index in [-0.39, 0.29) is 0 Å². The molecule has 1 N–H and O–H groups in total. The Morgan fingerprint density at radius 1 is 1.16 bits per heavy atom. The van der Waals surface area contributed by atoms with Gasteiger partial charge in [0, 0.05) is 25.2 Å². The molecule has 0 amide bonds. The summed E-state index contributed by atoms with van der Waals surface area (Å²) in [5.41, 5.74) is 1.01. The maximum atomic E-state index is 4.23. The normalized spacial score (nSPS) is 25.8. The summed E-state index contributed by atoms with van der Waals surface area (Å²) in [7, 11) is 0. The van der Waals surface area contributed by atoms with Crippen LogP contribution in [-0.2, 0) is 0 Å². The van der Waals surface area contributed by atoms with E-state index in [1.54, 1.807) is 0 Å². The molecule has 5 rings (SSSR count). The summed E-state index contributed by atoms with van der Waals surface area (Å²) in [6.45, 7) is 2.03. The lowest BCUT2D eigenvalue weighted by molar-refractivity contribution is 0.286. The van der Waals surface area contributed by atoms with E-state index in [0.717, 1.165) is 24.7 Å². The Balaban J connectivity index is 1.71. The van der Waals surface area contributed by atoms with Gasteiger partial charge in [-0.3, -0.25) is 0 Å². The van der Waals surface area contributed by atoms with Gasteiger partial charge in [0.25, 0.3) is 5.95 Å². The first-order valence-electron chi connectivity index (χ1n) is 6.75. The van der Waals surface area contributed by atoms with Crippen LogP contribution in [0.4, 0.5) is 5.95 Å². The van der Waals surface area contributed by atoms with E-state index < -0.39 is 0 Å². The van der Waals surface area contributed by atoms with Crippen molar-refractivity contribution in [3.8, 4) is 5.69 Å². The van der Waals surface area contributed by atoms with Crippen LogP contribution in [0.3, 0.4) is 0 Å². The van der Waals surface area contributed by atoms with Crippen molar-refractivity contribution < 1.29 is 0 Å². The van der Waals surface area contributed by atoms with Crippen LogP contribution in [0.1, 0.15) is 12.8 Å². The molecule has 2 bridgehead atoms. The molecule has 0 aliphatic carbocycles. The minimum atomic E-state index is 0.512. The number of nitrogens with zero attached hydrogens (tertiary/aromatic N) is 5. The Morgan fingerprint density at radius 2 is 2.05 bits per heavy atom. The van der Waals surface area contributed by atoms with Crippen molar-refractivity contribution in [2.45, 2.75) is 24.9 Å². The fraction of sp³-hybridized carbons (Fsp3) is 0.462. The highest BCUT2D eigenvalue weighted by molar-refractivity contribution is 5.42. The zero-order valence-corrected chi connectivity index (χ0v) is 10.6. The number of para-hydroxylation sites is 1. The molecule has 6 heteroatoms. The Kier molecular flexibility index (Phi) is 2.48. The van der Waals surface area contributed by atoms with Gasteiger partial charge in [-0.25, -0.2) is 0 Å². The Bertz CT molecular complexity index is 558. The number of hydrogen-bond donors (Lipinski definition) is 1. The van der Waals surface area contributed by atoms with Gasteiger partial charge >= 0.3 is 0 Å². The SMILES string of the molecule is c1ccc(-n2nnnc2N2C[C@H]3CC[C@@H]2CN3)cc1. The van der Waals surface area contributed by atoms with Crippen LogP contribution in [0.2, 0.25) is 0 Å². The molecule has 0 spiro atoms. The average Bonchev–Trinajstić information content (AvgIpc) is 2.98. The molecule has 3 fully saturated rings. The van der Waals surface area contributed by atoms with Crippen LogP contribution in [0.5, 0.6) is 0 Å². The summed E-state index contributed by atoms with van der Waals surface area (Å²) in [6, 6.07) is 11.2. The quantitative estimate of drug-likeness (QED) is 0.853. The van der Waals surface area contributed by atoms with Gasteiger partial charge in [-0.2, -0.15) is 4.68 Å². The Morgan fingerprint density at radius 3 is 2.74 bits per heavy atom. The maximum absolute atomic E-state index is 4.23. The van der Waals surface area contributed by atoms with E-state index in [1.165, 1.54) is 12.8 Å². The van der Waals surface area contributed by atoms with Gasteiger partial charge in [0.2, 0.25) is 0 Å². The van der Waals surface area contributed by atoms with Crippen molar-refractivity contribution in [1.82, 2.24) is 25.5 Å². The van der Waals surface area contributed by atoms with Crippen molar-refractivity contribution in [3.63, 3.8) is 0 Å². The summed E-state index contributed by atoms with van der Waals surface area (Å²) < 4.78 is 1.83.